The molecule has 0 heterocycles. The Bertz CT molecular complexity index is 228. The molecule has 1 aliphatic carbocycles. The van der Waals surface area contributed by atoms with Gasteiger partial charge in [0.05, 0.1) is 7.11 Å². The number of rotatable bonds is 3. The van der Waals surface area contributed by atoms with Crippen LogP contribution in [0.15, 0.2) is 24.3 Å². The first-order chi connectivity index (χ1) is 6.29. The van der Waals surface area contributed by atoms with E-state index >= 15 is 0 Å². The van der Waals surface area contributed by atoms with Crippen LogP contribution in [0.5, 0.6) is 0 Å². The molecule has 0 saturated heterocycles. The van der Waals surface area contributed by atoms with Crippen LogP contribution >= 0.6 is 0 Å². The van der Waals surface area contributed by atoms with Gasteiger partial charge in [-0.25, -0.2) is 4.79 Å². The van der Waals surface area contributed by atoms with Crippen molar-refractivity contribution in [2.24, 2.45) is 5.92 Å². The number of allylic oxidation sites excluding steroid dienone is 2. The number of carbonyl (C=O) groups is 1. The molecule has 2 heteroatoms. The molecule has 0 aliphatic heterocycles. The number of ether oxygens (including phenoxy) is 1. The van der Waals surface area contributed by atoms with Crippen LogP contribution in [0.2, 0.25) is 0 Å². The minimum absolute atomic E-state index is 0.174. The molecule has 1 rings (SSSR count). The van der Waals surface area contributed by atoms with Gasteiger partial charge < -0.3 is 4.74 Å². The highest BCUT2D eigenvalue weighted by atomic mass is 16.5. The van der Waals surface area contributed by atoms with E-state index in [0.29, 0.717) is 5.92 Å². The summed E-state index contributed by atoms with van der Waals surface area (Å²) in [4.78, 5) is 11.3. The summed E-state index contributed by atoms with van der Waals surface area (Å²) < 4.78 is 4.72. The van der Waals surface area contributed by atoms with Crippen LogP contribution in [0.3, 0.4) is 0 Å². The van der Waals surface area contributed by atoms with Crippen molar-refractivity contribution in [3.63, 3.8) is 0 Å². The van der Waals surface area contributed by atoms with E-state index in [1.165, 1.54) is 13.5 Å². The van der Waals surface area contributed by atoms with Crippen molar-refractivity contribution in [1.82, 2.24) is 0 Å². The van der Waals surface area contributed by atoms with Crippen molar-refractivity contribution in [2.45, 2.75) is 25.7 Å². The van der Waals surface area contributed by atoms with Gasteiger partial charge in [-0.2, -0.15) is 0 Å². The van der Waals surface area contributed by atoms with Crippen LogP contribution in [0.4, 0.5) is 0 Å². The van der Waals surface area contributed by atoms with Crippen LogP contribution in [-0.2, 0) is 9.53 Å². The van der Waals surface area contributed by atoms with Gasteiger partial charge in [-0.3, -0.25) is 0 Å². The number of hydrogen-bond donors (Lipinski definition) is 0. The zero-order valence-electron chi connectivity index (χ0n) is 8.08. The van der Waals surface area contributed by atoms with Crippen LogP contribution in [0.25, 0.3) is 0 Å². The second-order valence-electron chi connectivity index (χ2n) is 3.30. The summed E-state index contributed by atoms with van der Waals surface area (Å²) in [6, 6.07) is 0. The molecule has 0 aromatic rings. The van der Waals surface area contributed by atoms with Crippen molar-refractivity contribution < 1.29 is 9.53 Å². The first kappa shape index (κ1) is 10.0. The molecule has 0 amide bonds. The fourth-order valence-electron chi connectivity index (χ4n) is 1.76. The molecule has 0 N–H and O–H groups in total. The fourth-order valence-corrected chi connectivity index (χ4v) is 1.76. The van der Waals surface area contributed by atoms with E-state index in [9.17, 15) is 4.79 Å². The van der Waals surface area contributed by atoms with Gasteiger partial charge in [-0.05, 0) is 31.6 Å². The highest BCUT2D eigenvalue weighted by Crippen LogP contribution is 2.28. The third kappa shape index (κ3) is 2.44. The summed E-state index contributed by atoms with van der Waals surface area (Å²) in [6.07, 6.45) is 7.99. The van der Waals surface area contributed by atoms with Crippen molar-refractivity contribution >= 4 is 5.97 Å². The summed E-state index contributed by atoms with van der Waals surface area (Å²) in [7, 11) is 1.43. The number of esters is 1. The predicted molar refractivity (Wildman–Crippen MR) is 52.3 cm³/mol. The maximum Gasteiger partial charge on any atom is 0.333 e. The summed E-state index contributed by atoms with van der Waals surface area (Å²) in [6.45, 7) is 3.70. The van der Waals surface area contributed by atoms with E-state index in [1.54, 1.807) is 0 Å². The summed E-state index contributed by atoms with van der Waals surface area (Å²) in [5, 5.41) is 0. The molecule has 0 aromatic heterocycles. The number of hydrogen-bond acceptors (Lipinski definition) is 2. The molecular formula is C11H16O2. The second-order valence-corrected chi connectivity index (χ2v) is 3.30. The highest BCUT2D eigenvalue weighted by Gasteiger charge is 2.22. The van der Waals surface area contributed by atoms with Crippen LogP contribution < -0.4 is 0 Å². The molecular weight excluding hydrogens is 164 g/mol. The Kier molecular flexibility index (Phi) is 3.74. The van der Waals surface area contributed by atoms with Crippen LogP contribution in [0.1, 0.15) is 25.7 Å². The molecule has 0 bridgehead atoms. The largest absolute Gasteiger partial charge is 0.466 e. The Morgan fingerprint density at radius 3 is 3.23 bits per heavy atom. The smallest absolute Gasteiger partial charge is 0.333 e. The van der Waals surface area contributed by atoms with Crippen molar-refractivity contribution in [1.29, 1.82) is 0 Å². The summed E-state index contributed by atoms with van der Waals surface area (Å²) >= 11 is 0. The van der Waals surface area contributed by atoms with Crippen molar-refractivity contribution in [2.75, 3.05) is 7.11 Å². The van der Waals surface area contributed by atoms with Gasteiger partial charge in [0.2, 0.25) is 0 Å². The molecule has 1 unspecified atom stereocenters. The van der Waals surface area contributed by atoms with Crippen molar-refractivity contribution in [3.05, 3.63) is 24.3 Å². The van der Waals surface area contributed by atoms with E-state index in [-0.39, 0.29) is 5.97 Å². The first-order valence-electron chi connectivity index (χ1n) is 4.69. The molecule has 0 spiro atoms. The molecule has 0 saturated carbocycles. The van der Waals surface area contributed by atoms with E-state index in [0.717, 1.165) is 24.8 Å². The zero-order chi connectivity index (χ0) is 9.68. The van der Waals surface area contributed by atoms with Crippen LogP contribution in [-0.4, -0.2) is 13.1 Å². The predicted octanol–water partition coefficient (Wildman–Crippen LogP) is 2.46. The van der Waals surface area contributed by atoms with E-state index < -0.39 is 0 Å². The standard InChI is InChI=1S/C11H16O2/c1-3-6-9-7-4-5-8-10(9)11(12)13-2/h3,8-9H,1,4-7H2,2H3. The van der Waals surface area contributed by atoms with Crippen molar-refractivity contribution in [3.8, 4) is 0 Å². The Balaban J connectivity index is 2.70. The molecule has 13 heavy (non-hydrogen) atoms. The van der Waals surface area contributed by atoms with Gasteiger partial charge in [-0.1, -0.05) is 12.2 Å². The quantitative estimate of drug-likeness (QED) is 0.492. The average Bonchev–Trinajstić information content (AvgIpc) is 2.18. The van der Waals surface area contributed by atoms with Gasteiger partial charge in [0.1, 0.15) is 0 Å². The lowest BCUT2D eigenvalue weighted by molar-refractivity contribution is -0.136. The number of carbonyl (C=O) groups excluding carboxylic acids is 1. The maximum absolute atomic E-state index is 11.3. The fraction of sp³-hybridized carbons (Fsp3) is 0.545. The average molecular weight is 180 g/mol. The Hall–Kier alpha value is -1.05. The Morgan fingerprint density at radius 2 is 2.62 bits per heavy atom. The molecule has 0 aromatic carbocycles. The molecule has 1 atom stereocenters. The Labute approximate surface area is 79.3 Å². The zero-order valence-corrected chi connectivity index (χ0v) is 8.08. The van der Waals surface area contributed by atoms with Gasteiger partial charge in [0, 0.05) is 5.57 Å². The normalized spacial score (nSPS) is 21.9. The summed E-state index contributed by atoms with van der Waals surface area (Å²) in [5.74, 6) is 0.158. The third-order valence-electron chi connectivity index (χ3n) is 2.43. The minimum atomic E-state index is -0.174. The molecule has 0 fully saturated rings. The van der Waals surface area contributed by atoms with Gasteiger partial charge in [0.25, 0.3) is 0 Å². The molecule has 72 valence electrons. The summed E-state index contributed by atoms with van der Waals surface area (Å²) in [5.41, 5.74) is 0.841. The third-order valence-corrected chi connectivity index (χ3v) is 2.43. The van der Waals surface area contributed by atoms with E-state index in [2.05, 4.69) is 6.58 Å². The SMILES string of the molecule is C=CCC1CCCC=C1C(=O)OC. The molecule has 2 nitrogen and oxygen atoms in total. The van der Waals surface area contributed by atoms with Crippen LogP contribution in [0, 0.1) is 5.92 Å². The minimum Gasteiger partial charge on any atom is -0.466 e. The number of methoxy groups -OCH3 is 1. The monoisotopic (exact) mass is 180 g/mol. The topological polar surface area (TPSA) is 26.3 Å². The van der Waals surface area contributed by atoms with Gasteiger partial charge in [0.15, 0.2) is 0 Å². The first-order valence-corrected chi connectivity index (χ1v) is 4.69. The van der Waals surface area contributed by atoms with E-state index in [4.69, 9.17) is 4.74 Å². The lowest BCUT2D eigenvalue weighted by Crippen LogP contribution is -2.17. The van der Waals surface area contributed by atoms with Gasteiger partial charge in [-0.15, -0.1) is 6.58 Å². The Morgan fingerprint density at radius 1 is 1.85 bits per heavy atom. The maximum atomic E-state index is 11.3. The van der Waals surface area contributed by atoms with E-state index in [1.807, 2.05) is 12.2 Å². The molecule has 0 radical (unpaired) electrons. The van der Waals surface area contributed by atoms with Gasteiger partial charge >= 0.3 is 5.97 Å². The molecule has 1 aliphatic rings. The lowest BCUT2D eigenvalue weighted by Gasteiger charge is -2.20. The lowest BCUT2D eigenvalue weighted by atomic mass is 9.85. The second kappa shape index (κ2) is 4.85. The highest BCUT2D eigenvalue weighted by molar-refractivity contribution is 5.89.